The number of rotatable bonds is 2. The van der Waals surface area contributed by atoms with Crippen LogP contribution in [0.4, 0.5) is 5.69 Å². The van der Waals surface area contributed by atoms with E-state index in [4.69, 9.17) is 10.2 Å². The van der Waals surface area contributed by atoms with Gasteiger partial charge in [0, 0.05) is 5.69 Å². The zero-order chi connectivity index (χ0) is 10.1. The predicted molar refractivity (Wildman–Crippen MR) is 51.6 cm³/mol. The lowest BCUT2D eigenvalue weighted by Gasteiger charge is -2.05. The van der Waals surface area contributed by atoms with Crippen molar-refractivity contribution in [2.24, 2.45) is 0 Å². The second kappa shape index (κ2) is 3.31. The summed E-state index contributed by atoms with van der Waals surface area (Å²) < 4.78 is 0. The van der Waals surface area contributed by atoms with Gasteiger partial charge >= 0.3 is 5.97 Å². The summed E-state index contributed by atoms with van der Waals surface area (Å²) in [5.74, 6) is -0.916. The van der Waals surface area contributed by atoms with Gasteiger partial charge in [0.2, 0.25) is 0 Å². The third-order valence-corrected chi connectivity index (χ3v) is 2.40. The first-order chi connectivity index (χ1) is 6.70. The van der Waals surface area contributed by atoms with Gasteiger partial charge in [0.05, 0.1) is 18.2 Å². The molecule has 1 atom stereocenters. The van der Waals surface area contributed by atoms with Crippen molar-refractivity contribution in [2.75, 3.05) is 11.9 Å². The van der Waals surface area contributed by atoms with Crippen molar-refractivity contribution in [1.82, 2.24) is 0 Å². The Morgan fingerprint density at radius 1 is 1.57 bits per heavy atom. The van der Waals surface area contributed by atoms with Gasteiger partial charge in [-0.2, -0.15) is 0 Å². The minimum Gasteiger partial charge on any atom is -0.478 e. The number of benzene rings is 1. The van der Waals surface area contributed by atoms with Gasteiger partial charge in [-0.1, -0.05) is 0 Å². The highest BCUT2D eigenvalue weighted by molar-refractivity contribution is 5.88. The maximum Gasteiger partial charge on any atom is 0.335 e. The molecule has 0 saturated carbocycles. The molecule has 0 aromatic heterocycles. The maximum atomic E-state index is 10.7. The largest absolute Gasteiger partial charge is 0.478 e. The molecular formula is C10H11NO3. The van der Waals surface area contributed by atoms with Gasteiger partial charge in [-0.3, -0.25) is 0 Å². The van der Waals surface area contributed by atoms with E-state index in [1.54, 1.807) is 18.2 Å². The van der Waals surface area contributed by atoms with E-state index in [0.717, 1.165) is 11.3 Å². The second-order valence-corrected chi connectivity index (χ2v) is 3.41. The molecule has 1 aromatic carbocycles. The molecule has 3 N–H and O–H groups in total. The molecule has 0 saturated heterocycles. The molecule has 4 heteroatoms. The highest BCUT2D eigenvalue weighted by Crippen LogP contribution is 2.26. The highest BCUT2D eigenvalue weighted by Gasteiger charge is 2.20. The van der Waals surface area contributed by atoms with Crippen molar-refractivity contribution in [1.29, 1.82) is 0 Å². The first-order valence-corrected chi connectivity index (χ1v) is 4.44. The first-order valence-electron chi connectivity index (χ1n) is 4.44. The molecule has 0 radical (unpaired) electrons. The van der Waals surface area contributed by atoms with Gasteiger partial charge in [0.1, 0.15) is 0 Å². The van der Waals surface area contributed by atoms with Crippen LogP contribution < -0.4 is 5.32 Å². The summed E-state index contributed by atoms with van der Waals surface area (Å²) in [4.78, 5) is 10.7. The summed E-state index contributed by atoms with van der Waals surface area (Å²) in [7, 11) is 0. The van der Waals surface area contributed by atoms with Gasteiger partial charge in [-0.15, -0.1) is 0 Å². The summed E-state index contributed by atoms with van der Waals surface area (Å²) >= 11 is 0. The standard InChI is InChI=1S/C10H11NO3/c12-5-8-4-7-3-6(10(13)14)1-2-9(7)11-8/h1-3,8,11-12H,4-5H2,(H,13,14)/t8-/m1/s1. The molecule has 0 amide bonds. The van der Waals surface area contributed by atoms with Crippen molar-refractivity contribution in [2.45, 2.75) is 12.5 Å². The quantitative estimate of drug-likeness (QED) is 0.647. The minimum atomic E-state index is -0.916. The molecular weight excluding hydrogens is 182 g/mol. The number of carboxylic acids is 1. The van der Waals surface area contributed by atoms with E-state index in [1.165, 1.54) is 0 Å². The average molecular weight is 193 g/mol. The number of carbonyl (C=O) groups is 1. The lowest BCUT2D eigenvalue weighted by atomic mass is 10.1. The van der Waals surface area contributed by atoms with Crippen LogP contribution in [0.3, 0.4) is 0 Å². The van der Waals surface area contributed by atoms with Crippen LogP contribution in [0.25, 0.3) is 0 Å². The number of hydrogen-bond acceptors (Lipinski definition) is 3. The molecule has 0 aliphatic carbocycles. The van der Waals surface area contributed by atoms with Crippen molar-refractivity contribution < 1.29 is 15.0 Å². The van der Waals surface area contributed by atoms with Crippen molar-refractivity contribution in [3.05, 3.63) is 29.3 Å². The Morgan fingerprint density at radius 2 is 2.36 bits per heavy atom. The molecule has 1 aliphatic heterocycles. The number of hydrogen-bond donors (Lipinski definition) is 3. The van der Waals surface area contributed by atoms with Crippen LogP contribution in [0, 0.1) is 0 Å². The molecule has 0 unspecified atom stereocenters. The van der Waals surface area contributed by atoms with Crippen LogP contribution in [-0.4, -0.2) is 28.8 Å². The Kier molecular flexibility index (Phi) is 2.13. The Labute approximate surface area is 81.2 Å². The van der Waals surface area contributed by atoms with Gasteiger partial charge in [-0.25, -0.2) is 4.79 Å². The molecule has 74 valence electrons. The zero-order valence-corrected chi connectivity index (χ0v) is 7.53. The number of fused-ring (bicyclic) bond motifs is 1. The molecule has 2 rings (SSSR count). The number of carboxylic acid groups (broad SMARTS) is 1. The Balaban J connectivity index is 2.31. The van der Waals surface area contributed by atoms with E-state index in [2.05, 4.69) is 5.32 Å². The van der Waals surface area contributed by atoms with E-state index in [1.807, 2.05) is 0 Å². The van der Waals surface area contributed by atoms with Crippen LogP contribution in [0.2, 0.25) is 0 Å². The van der Waals surface area contributed by atoms with Gasteiger partial charge < -0.3 is 15.5 Å². The topological polar surface area (TPSA) is 69.6 Å². The minimum absolute atomic E-state index is 0.0223. The number of aliphatic hydroxyl groups is 1. The Morgan fingerprint density at radius 3 is 3.00 bits per heavy atom. The monoisotopic (exact) mass is 193 g/mol. The Bertz CT molecular complexity index is 376. The van der Waals surface area contributed by atoms with Crippen LogP contribution in [0.15, 0.2) is 18.2 Å². The van der Waals surface area contributed by atoms with E-state index < -0.39 is 5.97 Å². The predicted octanol–water partition coefficient (Wildman–Crippen LogP) is 0.714. The molecule has 4 nitrogen and oxygen atoms in total. The fourth-order valence-corrected chi connectivity index (χ4v) is 1.68. The molecule has 1 aromatic rings. The average Bonchev–Trinajstić information content (AvgIpc) is 2.58. The lowest BCUT2D eigenvalue weighted by Crippen LogP contribution is -2.19. The fraction of sp³-hybridized carbons (Fsp3) is 0.300. The summed E-state index contributed by atoms with van der Waals surface area (Å²) in [6, 6.07) is 4.98. The molecule has 0 spiro atoms. The fourth-order valence-electron chi connectivity index (χ4n) is 1.68. The van der Waals surface area contributed by atoms with Gasteiger partial charge in [-0.05, 0) is 30.2 Å². The van der Waals surface area contributed by atoms with Crippen molar-refractivity contribution in [3.63, 3.8) is 0 Å². The maximum absolute atomic E-state index is 10.7. The second-order valence-electron chi connectivity index (χ2n) is 3.41. The number of aromatic carboxylic acids is 1. The SMILES string of the molecule is O=C(O)c1ccc2c(c1)C[C@H](CO)N2. The van der Waals surface area contributed by atoms with Crippen LogP contribution >= 0.6 is 0 Å². The van der Waals surface area contributed by atoms with Crippen LogP contribution in [-0.2, 0) is 6.42 Å². The zero-order valence-electron chi connectivity index (χ0n) is 7.53. The van der Waals surface area contributed by atoms with Crippen molar-refractivity contribution >= 4 is 11.7 Å². The summed E-state index contributed by atoms with van der Waals surface area (Å²) in [6.07, 6.45) is 0.687. The van der Waals surface area contributed by atoms with Gasteiger partial charge in [0.25, 0.3) is 0 Å². The first kappa shape index (κ1) is 9.02. The molecule has 0 fully saturated rings. The number of anilines is 1. The molecule has 0 bridgehead atoms. The van der Waals surface area contributed by atoms with Crippen molar-refractivity contribution in [3.8, 4) is 0 Å². The molecule has 14 heavy (non-hydrogen) atoms. The third kappa shape index (κ3) is 1.44. The summed E-state index contributed by atoms with van der Waals surface area (Å²) in [5.41, 5.74) is 2.18. The van der Waals surface area contributed by atoms with Crippen LogP contribution in [0.1, 0.15) is 15.9 Å². The van der Waals surface area contributed by atoms with E-state index in [0.29, 0.717) is 12.0 Å². The summed E-state index contributed by atoms with van der Waals surface area (Å²) in [6.45, 7) is 0.0666. The highest BCUT2D eigenvalue weighted by atomic mass is 16.4. The van der Waals surface area contributed by atoms with E-state index >= 15 is 0 Å². The van der Waals surface area contributed by atoms with E-state index in [-0.39, 0.29) is 12.6 Å². The number of nitrogens with one attached hydrogen (secondary N) is 1. The third-order valence-electron chi connectivity index (χ3n) is 2.40. The number of aliphatic hydroxyl groups excluding tert-OH is 1. The van der Waals surface area contributed by atoms with Gasteiger partial charge in [0.15, 0.2) is 0 Å². The molecule has 1 heterocycles. The normalized spacial score (nSPS) is 18.8. The lowest BCUT2D eigenvalue weighted by molar-refractivity contribution is 0.0697. The smallest absolute Gasteiger partial charge is 0.335 e. The summed E-state index contributed by atoms with van der Waals surface area (Å²) in [5, 5.41) is 20.8. The van der Waals surface area contributed by atoms with E-state index in [9.17, 15) is 4.79 Å². The molecule has 1 aliphatic rings. The Hall–Kier alpha value is -1.55. The van der Waals surface area contributed by atoms with Crippen LogP contribution in [0.5, 0.6) is 0 Å².